The maximum absolute atomic E-state index is 13.5. The van der Waals surface area contributed by atoms with Gasteiger partial charge in [0.1, 0.15) is 29.1 Å². The third-order valence-corrected chi connectivity index (χ3v) is 5.73. The minimum Gasteiger partial charge on any atom is -0.497 e. The summed E-state index contributed by atoms with van der Waals surface area (Å²) in [6, 6.07) is 9.16. The van der Waals surface area contributed by atoms with Crippen LogP contribution in [0.2, 0.25) is 5.02 Å². The van der Waals surface area contributed by atoms with Gasteiger partial charge in [0.05, 0.1) is 25.3 Å². The Morgan fingerprint density at radius 3 is 2.47 bits per heavy atom. The molecule has 0 radical (unpaired) electrons. The monoisotopic (exact) mass is 435 g/mol. The summed E-state index contributed by atoms with van der Waals surface area (Å²) in [5.74, 6) is 0.862. The lowest BCUT2D eigenvalue weighted by atomic mass is 9.89. The lowest BCUT2D eigenvalue weighted by Gasteiger charge is -2.47. The van der Waals surface area contributed by atoms with Gasteiger partial charge in [0.2, 0.25) is 6.10 Å². The maximum atomic E-state index is 13.5. The SMILES string of the molecule is COc1cc(OC)cc([C@@H]2[C@H](Oc3ccc(F)c(Cl)c3)C(=O)N2C[C@@H]2CCCO2)c1. The van der Waals surface area contributed by atoms with E-state index >= 15 is 0 Å². The molecule has 2 saturated heterocycles. The Morgan fingerprint density at radius 2 is 1.87 bits per heavy atom. The predicted molar refractivity (Wildman–Crippen MR) is 109 cm³/mol. The third kappa shape index (κ3) is 4.04. The van der Waals surface area contributed by atoms with Crippen LogP contribution < -0.4 is 14.2 Å². The van der Waals surface area contributed by atoms with Crippen LogP contribution in [0.1, 0.15) is 24.4 Å². The number of carbonyl (C=O) groups is 1. The molecule has 6 nitrogen and oxygen atoms in total. The van der Waals surface area contributed by atoms with E-state index in [1.54, 1.807) is 25.2 Å². The summed E-state index contributed by atoms with van der Waals surface area (Å²) in [5, 5.41) is -0.0601. The third-order valence-electron chi connectivity index (χ3n) is 5.44. The summed E-state index contributed by atoms with van der Waals surface area (Å²) in [6.07, 6.45) is 1.13. The van der Waals surface area contributed by atoms with Gasteiger partial charge in [0, 0.05) is 25.3 Å². The first-order chi connectivity index (χ1) is 14.5. The van der Waals surface area contributed by atoms with E-state index in [4.69, 9.17) is 30.5 Å². The van der Waals surface area contributed by atoms with Crippen molar-refractivity contribution in [3.05, 3.63) is 52.8 Å². The molecule has 2 heterocycles. The number of carbonyl (C=O) groups excluding carboxylic acids is 1. The molecule has 0 aliphatic carbocycles. The van der Waals surface area contributed by atoms with Gasteiger partial charge in [-0.25, -0.2) is 4.39 Å². The van der Waals surface area contributed by atoms with Crippen LogP contribution in [0.15, 0.2) is 36.4 Å². The Morgan fingerprint density at radius 1 is 1.13 bits per heavy atom. The summed E-state index contributed by atoms with van der Waals surface area (Å²) in [6.45, 7) is 1.19. The molecule has 0 spiro atoms. The van der Waals surface area contributed by atoms with Crippen LogP contribution in [0.3, 0.4) is 0 Å². The second-order valence-electron chi connectivity index (χ2n) is 7.33. The zero-order valence-corrected chi connectivity index (χ0v) is 17.5. The van der Waals surface area contributed by atoms with E-state index in [0.717, 1.165) is 18.4 Å². The lowest BCUT2D eigenvalue weighted by Crippen LogP contribution is -2.62. The molecule has 1 amide bonds. The van der Waals surface area contributed by atoms with Crippen molar-refractivity contribution in [2.45, 2.75) is 31.1 Å². The number of ether oxygens (including phenoxy) is 4. The van der Waals surface area contributed by atoms with Crippen molar-refractivity contribution in [3.8, 4) is 17.2 Å². The van der Waals surface area contributed by atoms with E-state index in [1.807, 2.05) is 12.1 Å². The van der Waals surface area contributed by atoms with Crippen LogP contribution >= 0.6 is 11.6 Å². The number of methoxy groups -OCH3 is 2. The van der Waals surface area contributed by atoms with E-state index in [-0.39, 0.29) is 23.1 Å². The van der Waals surface area contributed by atoms with Crippen molar-refractivity contribution in [1.82, 2.24) is 4.90 Å². The van der Waals surface area contributed by atoms with Crippen LogP contribution in [0.5, 0.6) is 17.2 Å². The molecular weight excluding hydrogens is 413 g/mol. The molecule has 2 fully saturated rings. The highest BCUT2D eigenvalue weighted by Crippen LogP contribution is 2.41. The Kier molecular flexibility index (Phi) is 6.01. The topological polar surface area (TPSA) is 57.2 Å². The molecule has 4 rings (SSSR count). The molecule has 160 valence electrons. The zero-order chi connectivity index (χ0) is 21.3. The number of β-lactam (4-membered cyclic amide) rings is 1. The molecule has 0 bridgehead atoms. The van der Waals surface area contributed by atoms with Crippen molar-refractivity contribution >= 4 is 17.5 Å². The minimum absolute atomic E-state index is 0.00479. The van der Waals surface area contributed by atoms with Crippen LogP contribution in [0.25, 0.3) is 0 Å². The number of likely N-dealkylation sites (tertiary alicyclic amines) is 1. The van der Waals surface area contributed by atoms with Gasteiger partial charge in [-0.05, 0) is 42.7 Å². The summed E-state index contributed by atoms with van der Waals surface area (Å²) >= 11 is 5.87. The van der Waals surface area contributed by atoms with E-state index in [9.17, 15) is 9.18 Å². The largest absolute Gasteiger partial charge is 0.497 e. The van der Waals surface area contributed by atoms with Crippen LogP contribution in [-0.2, 0) is 9.53 Å². The van der Waals surface area contributed by atoms with Crippen molar-refractivity contribution in [3.63, 3.8) is 0 Å². The van der Waals surface area contributed by atoms with E-state index in [2.05, 4.69) is 0 Å². The number of nitrogens with zero attached hydrogens (tertiary/aromatic N) is 1. The Bertz CT molecular complexity index is 911. The highest BCUT2D eigenvalue weighted by atomic mass is 35.5. The molecule has 2 aromatic rings. The molecular formula is C22H23ClFNO5. The van der Waals surface area contributed by atoms with Gasteiger partial charge in [-0.1, -0.05) is 11.6 Å². The van der Waals surface area contributed by atoms with Gasteiger partial charge in [-0.3, -0.25) is 4.79 Å². The smallest absolute Gasteiger partial charge is 0.266 e. The number of rotatable bonds is 7. The quantitative estimate of drug-likeness (QED) is 0.615. The second kappa shape index (κ2) is 8.70. The average molecular weight is 436 g/mol. The van der Waals surface area contributed by atoms with Gasteiger partial charge >= 0.3 is 0 Å². The van der Waals surface area contributed by atoms with E-state index in [0.29, 0.717) is 30.4 Å². The Hall–Kier alpha value is -2.51. The molecule has 3 atom stereocenters. The molecule has 2 aromatic carbocycles. The first kappa shape index (κ1) is 20.8. The Labute approximate surface area is 179 Å². The molecule has 0 aromatic heterocycles. The first-order valence-corrected chi connectivity index (χ1v) is 10.1. The summed E-state index contributed by atoms with van der Waals surface area (Å²) < 4.78 is 35.9. The van der Waals surface area contributed by atoms with Gasteiger partial charge in [-0.2, -0.15) is 0 Å². The van der Waals surface area contributed by atoms with Crippen LogP contribution in [0, 0.1) is 5.82 Å². The molecule has 2 aliphatic rings. The molecule has 0 unspecified atom stereocenters. The Balaban J connectivity index is 1.64. The van der Waals surface area contributed by atoms with Crippen molar-refractivity contribution in [2.24, 2.45) is 0 Å². The number of halogens is 2. The summed E-state index contributed by atoms with van der Waals surface area (Å²) in [7, 11) is 3.15. The summed E-state index contributed by atoms with van der Waals surface area (Å²) in [4.78, 5) is 14.7. The molecule has 0 N–H and O–H groups in total. The first-order valence-electron chi connectivity index (χ1n) is 9.77. The fourth-order valence-corrected chi connectivity index (χ4v) is 4.07. The van der Waals surface area contributed by atoms with Gasteiger partial charge in [0.15, 0.2) is 0 Å². The number of amides is 1. The molecule has 0 saturated carbocycles. The molecule has 8 heteroatoms. The average Bonchev–Trinajstić information content (AvgIpc) is 3.27. The second-order valence-corrected chi connectivity index (χ2v) is 7.74. The van der Waals surface area contributed by atoms with Crippen LogP contribution in [0.4, 0.5) is 4.39 Å². The lowest BCUT2D eigenvalue weighted by molar-refractivity contribution is -0.167. The van der Waals surface area contributed by atoms with Crippen molar-refractivity contribution < 1.29 is 28.1 Å². The maximum Gasteiger partial charge on any atom is 0.266 e. The molecule has 30 heavy (non-hydrogen) atoms. The van der Waals surface area contributed by atoms with Gasteiger partial charge < -0.3 is 23.8 Å². The van der Waals surface area contributed by atoms with Gasteiger partial charge in [0.25, 0.3) is 5.91 Å². The fourth-order valence-electron chi connectivity index (χ4n) is 3.89. The number of hydrogen-bond donors (Lipinski definition) is 0. The summed E-state index contributed by atoms with van der Waals surface area (Å²) in [5.41, 5.74) is 0.821. The van der Waals surface area contributed by atoms with Crippen molar-refractivity contribution in [2.75, 3.05) is 27.4 Å². The predicted octanol–water partition coefficient (Wildman–Crippen LogP) is 4.01. The normalized spacial score (nSPS) is 23.3. The number of benzene rings is 2. The van der Waals surface area contributed by atoms with E-state index < -0.39 is 11.9 Å². The fraction of sp³-hybridized carbons (Fsp3) is 0.409. The van der Waals surface area contributed by atoms with Crippen molar-refractivity contribution in [1.29, 1.82) is 0 Å². The van der Waals surface area contributed by atoms with Gasteiger partial charge in [-0.15, -0.1) is 0 Å². The number of hydrogen-bond acceptors (Lipinski definition) is 5. The standard InChI is InChI=1S/C22H23ClFNO5/c1-27-16-8-13(9-17(10-16)28-2)20-21(30-14-5-6-19(24)18(23)11-14)22(26)25(20)12-15-4-3-7-29-15/h5-6,8-11,15,20-21H,3-4,7,12H2,1-2H3/t15-,20+,21-/m0/s1. The highest BCUT2D eigenvalue weighted by Gasteiger charge is 2.51. The molecule has 2 aliphatic heterocycles. The van der Waals surface area contributed by atoms with E-state index in [1.165, 1.54) is 18.2 Å². The zero-order valence-electron chi connectivity index (χ0n) is 16.8. The minimum atomic E-state index is -0.773. The van der Waals surface area contributed by atoms with Crippen LogP contribution in [-0.4, -0.2) is 50.4 Å². The highest BCUT2D eigenvalue weighted by molar-refractivity contribution is 6.30.